The van der Waals surface area contributed by atoms with Crippen LogP contribution in [0.4, 0.5) is 0 Å². The second kappa shape index (κ2) is 9.90. The molecule has 0 aliphatic carbocycles. The lowest BCUT2D eigenvalue weighted by Gasteiger charge is -2.21. The molecule has 4 nitrogen and oxygen atoms in total. The quantitative estimate of drug-likeness (QED) is 0.149. The van der Waals surface area contributed by atoms with Crippen LogP contribution in [0.25, 0.3) is 11.3 Å². The van der Waals surface area contributed by atoms with Crippen LogP contribution in [0.15, 0.2) is 87.9 Å². The fraction of sp³-hybridized carbons (Fsp3) is 0.207. The highest BCUT2D eigenvalue weighted by Crippen LogP contribution is 2.33. The number of rotatable bonds is 7. The van der Waals surface area contributed by atoms with E-state index in [2.05, 4.69) is 66.1 Å². The average molecular weight is 516 g/mol. The molecule has 0 saturated carbocycles. The van der Waals surface area contributed by atoms with Gasteiger partial charge in [0, 0.05) is 27.6 Å². The van der Waals surface area contributed by atoms with Crippen molar-refractivity contribution < 1.29 is 14.1 Å². The van der Waals surface area contributed by atoms with Gasteiger partial charge in [-0.15, -0.1) is 0 Å². The molecule has 0 aliphatic heterocycles. The van der Waals surface area contributed by atoms with Gasteiger partial charge in [-0.3, -0.25) is 9.59 Å². The molecule has 0 bridgehead atoms. The zero-order valence-corrected chi connectivity index (χ0v) is 21.0. The Morgan fingerprint density at radius 1 is 0.971 bits per heavy atom. The van der Waals surface area contributed by atoms with E-state index in [9.17, 15) is 9.59 Å². The lowest BCUT2D eigenvalue weighted by molar-refractivity contribution is -0.104. The predicted octanol–water partition coefficient (Wildman–Crippen LogP) is 7.16. The van der Waals surface area contributed by atoms with Gasteiger partial charge in [-0.1, -0.05) is 103 Å². The summed E-state index contributed by atoms with van der Waals surface area (Å²) in [6.45, 7) is 6.59. The second-order valence-corrected chi connectivity index (χ2v) is 10.3. The number of hydrogen-bond donors (Lipinski definition) is 0. The van der Waals surface area contributed by atoms with Gasteiger partial charge in [0.2, 0.25) is 5.78 Å². The number of benzene rings is 3. The van der Waals surface area contributed by atoms with Crippen molar-refractivity contribution in [2.24, 2.45) is 0 Å². The van der Waals surface area contributed by atoms with E-state index in [0.717, 1.165) is 26.9 Å². The zero-order chi connectivity index (χ0) is 24.3. The summed E-state index contributed by atoms with van der Waals surface area (Å²) in [5.74, 6) is 0.164. The van der Waals surface area contributed by atoms with Gasteiger partial charge in [-0.25, -0.2) is 0 Å². The van der Waals surface area contributed by atoms with Gasteiger partial charge in [-0.05, 0) is 40.7 Å². The molecular formula is C29H26BrNO3. The molecule has 4 rings (SSSR count). The summed E-state index contributed by atoms with van der Waals surface area (Å²) < 4.78 is 6.73. The highest BCUT2D eigenvalue weighted by atomic mass is 79.9. The van der Waals surface area contributed by atoms with Crippen LogP contribution in [-0.2, 0) is 16.6 Å². The molecule has 0 N–H and O–H groups in total. The summed E-state index contributed by atoms with van der Waals surface area (Å²) >= 11 is 3.47. The molecule has 0 saturated heterocycles. The molecule has 1 heterocycles. The highest BCUT2D eigenvalue weighted by Gasteiger charge is 2.22. The molecule has 0 fully saturated rings. The summed E-state index contributed by atoms with van der Waals surface area (Å²) in [5, 5.41) is 4.43. The van der Waals surface area contributed by atoms with Crippen LogP contribution in [0.3, 0.4) is 0 Å². The minimum atomic E-state index is -0.517. The molecular weight excluding hydrogens is 490 g/mol. The molecule has 3 aromatic carbocycles. The van der Waals surface area contributed by atoms with E-state index in [-0.39, 0.29) is 11.3 Å². The third-order valence-electron chi connectivity index (χ3n) is 5.98. The van der Waals surface area contributed by atoms with Gasteiger partial charge in [0.05, 0.1) is 5.69 Å². The van der Waals surface area contributed by atoms with Crippen LogP contribution >= 0.6 is 15.9 Å². The van der Waals surface area contributed by atoms with Crippen molar-refractivity contribution in [3.8, 4) is 11.3 Å². The van der Waals surface area contributed by atoms with Gasteiger partial charge >= 0.3 is 0 Å². The van der Waals surface area contributed by atoms with Crippen LogP contribution in [0.5, 0.6) is 0 Å². The smallest absolute Gasteiger partial charge is 0.225 e. The number of aldehydes is 1. The van der Waals surface area contributed by atoms with Crippen molar-refractivity contribution in [2.75, 3.05) is 0 Å². The molecule has 1 aromatic heterocycles. The Balaban J connectivity index is 1.69. The van der Waals surface area contributed by atoms with Crippen molar-refractivity contribution in [3.05, 3.63) is 111 Å². The summed E-state index contributed by atoms with van der Waals surface area (Å²) in [5.41, 5.74) is 5.70. The largest absolute Gasteiger partial charge is 0.356 e. The van der Waals surface area contributed by atoms with Crippen molar-refractivity contribution in [1.29, 1.82) is 0 Å². The third kappa shape index (κ3) is 5.42. The lowest BCUT2D eigenvalue weighted by atomic mass is 9.83. The van der Waals surface area contributed by atoms with E-state index in [1.165, 1.54) is 5.56 Å². The monoisotopic (exact) mass is 515 g/mol. The molecule has 1 unspecified atom stereocenters. The van der Waals surface area contributed by atoms with Crippen molar-refractivity contribution in [1.82, 2.24) is 5.16 Å². The van der Waals surface area contributed by atoms with E-state index >= 15 is 0 Å². The number of carbonyl (C=O) groups excluding carboxylic acids is 2. The van der Waals surface area contributed by atoms with E-state index in [1.54, 1.807) is 12.1 Å². The minimum Gasteiger partial charge on any atom is -0.356 e. The second-order valence-electron chi connectivity index (χ2n) is 9.43. The van der Waals surface area contributed by atoms with Gasteiger partial charge in [-0.2, -0.15) is 0 Å². The lowest BCUT2D eigenvalue weighted by Crippen LogP contribution is -2.12. The summed E-state index contributed by atoms with van der Waals surface area (Å²) in [4.78, 5) is 22.5. The number of ketones is 1. The van der Waals surface area contributed by atoms with E-state index in [4.69, 9.17) is 4.52 Å². The molecule has 0 aliphatic rings. The molecule has 5 heteroatoms. The maximum absolute atomic E-state index is 11.7. The third-order valence-corrected chi connectivity index (χ3v) is 6.51. The van der Waals surface area contributed by atoms with Gasteiger partial charge in [0.1, 0.15) is 0 Å². The SMILES string of the molecule is CC(C)(C)c1ccc(C(Cc2ccc(C(=O)C=O)cc2)c2cc(-c3ccc(Br)cc3)on2)cc1. The summed E-state index contributed by atoms with van der Waals surface area (Å²) in [7, 11) is 0. The van der Waals surface area contributed by atoms with Gasteiger partial charge in [0.25, 0.3) is 0 Å². The van der Waals surface area contributed by atoms with Crippen LogP contribution in [-0.4, -0.2) is 17.2 Å². The van der Waals surface area contributed by atoms with Crippen LogP contribution in [0.2, 0.25) is 0 Å². The van der Waals surface area contributed by atoms with Crippen LogP contribution < -0.4 is 0 Å². The average Bonchev–Trinajstić information content (AvgIpc) is 3.32. The van der Waals surface area contributed by atoms with Crippen molar-refractivity contribution in [2.45, 2.75) is 38.5 Å². The van der Waals surface area contributed by atoms with Crippen molar-refractivity contribution in [3.63, 3.8) is 0 Å². The Morgan fingerprint density at radius 2 is 1.62 bits per heavy atom. The standard InChI is InChI=1S/C29H26BrNO3/c1-29(2,3)23-12-8-20(9-13-23)25(16-19-4-6-21(7-5-19)27(33)18-32)26-17-28(34-31-26)22-10-14-24(30)15-11-22/h4-15,17-18,25H,16H2,1-3H3. The molecule has 0 amide bonds. The maximum atomic E-state index is 11.7. The maximum Gasteiger partial charge on any atom is 0.225 e. The van der Waals surface area contributed by atoms with E-state index in [0.29, 0.717) is 24.0 Å². The van der Waals surface area contributed by atoms with Gasteiger partial charge < -0.3 is 4.52 Å². The molecule has 34 heavy (non-hydrogen) atoms. The summed E-state index contributed by atoms with van der Waals surface area (Å²) in [6.07, 6.45) is 1.02. The Kier molecular flexibility index (Phi) is 6.94. The van der Waals surface area contributed by atoms with Crippen LogP contribution in [0, 0.1) is 0 Å². The Morgan fingerprint density at radius 3 is 2.21 bits per heavy atom. The first-order chi connectivity index (χ1) is 16.2. The highest BCUT2D eigenvalue weighted by molar-refractivity contribution is 9.10. The predicted molar refractivity (Wildman–Crippen MR) is 137 cm³/mol. The number of carbonyl (C=O) groups is 2. The Hall–Kier alpha value is -3.31. The number of hydrogen-bond acceptors (Lipinski definition) is 4. The number of nitrogens with zero attached hydrogens (tertiary/aromatic N) is 1. The number of aromatic nitrogens is 1. The normalized spacial score (nSPS) is 12.4. The zero-order valence-electron chi connectivity index (χ0n) is 19.4. The topological polar surface area (TPSA) is 60.2 Å². The molecule has 1 atom stereocenters. The number of halogens is 1. The fourth-order valence-electron chi connectivity index (χ4n) is 3.92. The fourth-order valence-corrected chi connectivity index (χ4v) is 4.19. The molecule has 0 spiro atoms. The van der Waals surface area contributed by atoms with E-state index < -0.39 is 5.78 Å². The first-order valence-electron chi connectivity index (χ1n) is 11.2. The summed E-state index contributed by atoms with van der Waals surface area (Å²) in [6, 6.07) is 25.8. The first kappa shape index (κ1) is 23.8. The molecule has 0 radical (unpaired) electrons. The van der Waals surface area contributed by atoms with Crippen LogP contribution in [0.1, 0.15) is 59.4 Å². The first-order valence-corrected chi connectivity index (χ1v) is 12.0. The Bertz CT molecular complexity index is 1280. The van der Waals surface area contributed by atoms with Crippen molar-refractivity contribution >= 4 is 28.0 Å². The van der Waals surface area contributed by atoms with Gasteiger partial charge in [0.15, 0.2) is 12.0 Å². The van der Waals surface area contributed by atoms with E-state index in [1.807, 2.05) is 42.5 Å². The molecule has 172 valence electrons. The minimum absolute atomic E-state index is 0.0328. The Labute approximate surface area is 208 Å². The molecule has 4 aromatic rings. The number of Topliss-reactive ketones (excluding diaryl/α,β-unsaturated/α-hetero) is 1.